The molecule has 0 atom stereocenters. The lowest BCUT2D eigenvalue weighted by atomic mass is 10.2. The first-order valence-electron chi connectivity index (χ1n) is 7.51. The van der Waals surface area contributed by atoms with E-state index in [0.717, 1.165) is 0 Å². The van der Waals surface area contributed by atoms with Crippen LogP contribution < -0.4 is 21.5 Å². The first-order chi connectivity index (χ1) is 12.0. The molecule has 0 bridgehead atoms. The lowest BCUT2D eigenvalue weighted by Crippen LogP contribution is -2.11. The smallest absolute Gasteiger partial charge is 0.255 e. The summed E-state index contributed by atoms with van der Waals surface area (Å²) in [4.78, 5) is 12.2. The Balaban J connectivity index is 1.67. The first kappa shape index (κ1) is 16.7. The Morgan fingerprint density at radius 3 is 2.16 bits per heavy atom. The van der Waals surface area contributed by atoms with Gasteiger partial charge in [-0.15, -0.1) is 0 Å². The van der Waals surface area contributed by atoms with Crippen molar-refractivity contribution in [3.05, 3.63) is 77.3 Å². The molecular formula is C19H16ClN3O2. The highest BCUT2D eigenvalue weighted by molar-refractivity contribution is 6.32. The van der Waals surface area contributed by atoms with Crippen LogP contribution in [0.5, 0.6) is 11.5 Å². The van der Waals surface area contributed by atoms with E-state index < -0.39 is 0 Å². The van der Waals surface area contributed by atoms with E-state index in [2.05, 4.69) is 5.32 Å². The molecule has 25 heavy (non-hydrogen) atoms. The van der Waals surface area contributed by atoms with Crippen LogP contribution in [0.4, 0.5) is 17.1 Å². The largest absolute Gasteiger partial charge is 0.456 e. The summed E-state index contributed by atoms with van der Waals surface area (Å²) in [7, 11) is 0. The van der Waals surface area contributed by atoms with Crippen LogP contribution in [0, 0.1) is 0 Å². The normalized spacial score (nSPS) is 10.3. The molecule has 3 rings (SSSR count). The maximum atomic E-state index is 12.2. The zero-order chi connectivity index (χ0) is 17.8. The molecule has 0 aliphatic heterocycles. The van der Waals surface area contributed by atoms with Crippen LogP contribution in [0.1, 0.15) is 10.4 Å². The number of nitrogen functional groups attached to an aromatic ring is 2. The van der Waals surface area contributed by atoms with Gasteiger partial charge in [-0.1, -0.05) is 11.6 Å². The van der Waals surface area contributed by atoms with E-state index in [-0.39, 0.29) is 5.91 Å². The predicted octanol–water partition coefficient (Wildman–Crippen LogP) is 4.55. The van der Waals surface area contributed by atoms with E-state index in [1.54, 1.807) is 66.7 Å². The third kappa shape index (κ3) is 4.22. The summed E-state index contributed by atoms with van der Waals surface area (Å²) in [5.74, 6) is 0.891. The molecule has 6 heteroatoms. The molecule has 0 spiro atoms. The van der Waals surface area contributed by atoms with Crippen LogP contribution in [0.2, 0.25) is 5.02 Å². The zero-order valence-corrected chi connectivity index (χ0v) is 14.0. The molecule has 0 aromatic heterocycles. The maximum absolute atomic E-state index is 12.2. The fourth-order valence-electron chi connectivity index (χ4n) is 2.17. The highest BCUT2D eigenvalue weighted by Crippen LogP contribution is 2.31. The van der Waals surface area contributed by atoms with Crippen LogP contribution in [0.3, 0.4) is 0 Å². The molecule has 0 aliphatic carbocycles. The molecule has 0 aliphatic rings. The van der Waals surface area contributed by atoms with Gasteiger partial charge in [-0.05, 0) is 66.7 Å². The van der Waals surface area contributed by atoms with Crippen molar-refractivity contribution in [3.8, 4) is 11.5 Å². The van der Waals surface area contributed by atoms with Crippen LogP contribution in [-0.2, 0) is 0 Å². The molecule has 0 fully saturated rings. The van der Waals surface area contributed by atoms with E-state index in [9.17, 15) is 4.79 Å². The molecule has 0 saturated heterocycles. The van der Waals surface area contributed by atoms with Crippen molar-refractivity contribution in [2.75, 3.05) is 16.8 Å². The fraction of sp³-hybridized carbons (Fsp3) is 0. The van der Waals surface area contributed by atoms with Gasteiger partial charge >= 0.3 is 0 Å². The van der Waals surface area contributed by atoms with Crippen LogP contribution in [-0.4, -0.2) is 5.91 Å². The van der Waals surface area contributed by atoms with Crippen LogP contribution in [0.25, 0.3) is 0 Å². The topological polar surface area (TPSA) is 90.4 Å². The van der Waals surface area contributed by atoms with Crippen LogP contribution >= 0.6 is 11.6 Å². The predicted molar refractivity (Wildman–Crippen MR) is 101 cm³/mol. The summed E-state index contributed by atoms with van der Waals surface area (Å²) < 4.78 is 5.71. The minimum absolute atomic E-state index is 0.213. The molecule has 0 heterocycles. The lowest BCUT2D eigenvalue weighted by molar-refractivity contribution is 0.102. The van der Waals surface area contributed by atoms with Crippen molar-refractivity contribution in [2.45, 2.75) is 0 Å². The maximum Gasteiger partial charge on any atom is 0.255 e. The van der Waals surface area contributed by atoms with E-state index >= 15 is 0 Å². The molecule has 0 radical (unpaired) electrons. The molecule has 0 unspecified atom stereocenters. The molecule has 1 amide bonds. The van der Waals surface area contributed by atoms with Gasteiger partial charge in [0.15, 0.2) is 0 Å². The van der Waals surface area contributed by atoms with Crippen molar-refractivity contribution in [2.24, 2.45) is 0 Å². The van der Waals surface area contributed by atoms with Gasteiger partial charge in [0.25, 0.3) is 5.91 Å². The number of hydrogen-bond acceptors (Lipinski definition) is 4. The van der Waals surface area contributed by atoms with Gasteiger partial charge in [-0.3, -0.25) is 4.79 Å². The Bertz CT molecular complexity index is 894. The second-order valence-electron chi connectivity index (χ2n) is 5.39. The van der Waals surface area contributed by atoms with Gasteiger partial charge in [0.05, 0.1) is 5.02 Å². The van der Waals surface area contributed by atoms with E-state index in [1.807, 2.05) is 0 Å². The summed E-state index contributed by atoms with van der Waals surface area (Å²) in [6.07, 6.45) is 0. The van der Waals surface area contributed by atoms with E-state index in [0.29, 0.717) is 39.1 Å². The van der Waals surface area contributed by atoms with E-state index in [1.165, 1.54) is 0 Å². The van der Waals surface area contributed by atoms with Crippen molar-refractivity contribution in [1.82, 2.24) is 0 Å². The Labute approximate surface area is 150 Å². The van der Waals surface area contributed by atoms with Crippen molar-refractivity contribution in [1.29, 1.82) is 0 Å². The number of carbonyl (C=O) groups excluding carboxylic acids is 1. The summed E-state index contributed by atoms with van der Waals surface area (Å²) in [5, 5.41) is 3.24. The monoisotopic (exact) mass is 353 g/mol. The Morgan fingerprint density at radius 1 is 0.880 bits per heavy atom. The highest BCUT2D eigenvalue weighted by atomic mass is 35.5. The Morgan fingerprint density at radius 2 is 1.52 bits per heavy atom. The third-order valence-corrected chi connectivity index (χ3v) is 3.76. The number of halogens is 1. The van der Waals surface area contributed by atoms with Crippen molar-refractivity contribution < 1.29 is 9.53 Å². The molecule has 3 aromatic rings. The van der Waals surface area contributed by atoms with Gasteiger partial charge in [0, 0.05) is 22.6 Å². The average Bonchev–Trinajstić information content (AvgIpc) is 2.59. The standard InChI is InChI=1S/C19H16ClN3O2/c20-17-11-14(22)5-10-18(17)25-16-8-6-15(7-9-16)23-19(24)12-1-3-13(21)4-2-12/h1-11H,21-22H2,(H,23,24). The quantitative estimate of drug-likeness (QED) is 0.600. The number of nitrogens with one attached hydrogen (secondary N) is 1. The molecule has 126 valence electrons. The number of benzene rings is 3. The van der Waals surface area contributed by atoms with Gasteiger partial charge in [0.1, 0.15) is 11.5 Å². The lowest BCUT2D eigenvalue weighted by Gasteiger charge is -2.10. The number of ether oxygens (including phenoxy) is 1. The second kappa shape index (κ2) is 7.15. The molecular weight excluding hydrogens is 338 g/mol. The minimum Gasteiger partial charge on any atom is -0.456 e. The molecule has 3 aromatic carbocycles. The SMILES string of the molecule is Nc1ccc(C(=O)Nc2ccc(Oc3ccc(N)cc3Cl)cc2)cc1. The summed E-state index contributed by atoms with van der Waals surface area (Å²) in [6, 6.07) is 18.7. The number of nitrogens with two attached hydrogens (primary N) is 2. The number of anilines is 3. The highest BCUT2D eigenvalue weighted by Gasteiger charge is 2.07. The fourth-order valence-corrected chi connectivity index (χ4v) is 2.40. The Kier molecular flexibility index (Phi) is 4.77. The van der Waals surface area contributed by atoms with Gasteiger partial charge in [-0.25, -0.2) is 0 Å². The van der Waals surface area contributed by atoms with Crippen molar-refractivity contribution >= 4 is 34.6 Å². The number of amides is 1. The zero-order valence-electron chi connectivity index (χ0n) is 13.2. The van der Waals surface area contributed by atoms with Gasteiger partial charge < -0.3 is 21.5 Å². The number of hydrogen-bond donors (Lipinski definition) is 3. The molecule has 0 saturated carbocycles. The summed E-state index contributed by atoms with van der Waals surface area (Å²) >= 11 is 6.09. The van der Waals surface area contributed by atoms with E-state index in [4.69, 9.17) is 27.8 Å². The van der Waals surface area contributed by atoms with Gasteiger partial charge in [-0.2, -0.15) is 0 Å². The van der Waals surface area contributed by atoms with Gasteiger partial charge in [0.2, 0.25) is 0 Å². The molecule has 5 nitrogen and oxygen atoms in total. The minimum atomic E-state index is -0.213. The first-order valence-corrected chi connectivity index (χ1v) is 7.89. The summed E-state index contributed by atoms with van der Waals surface area (Å²) in [6.45, 7) is 0. The molecule has 5 N–H and O–H groups in total. The number of rotatable bonds is 4. The van der Waals surface area contributed by atoms with Crippen molar-refractivity contribution in [3.63, 3.8) is 0 Å². The summed E-state index contributed by atoms with van der Waals surface area (Å²) in [5.41, 5.74) is 13.6. The third-order valence-electron chi connectivity index (χ3n) is 3.47. The average molecular weight is 354 g/mol. The number of carbonyl (C=O) groups is 1. The second-order valence-corrected chi connectivity index (χ2v) is 5.80. The Hall–Kier alpha value is -3.18. The van der Waals surface area contributed by atoms with Crippen LogP contribution in [0.15, 0.2) is 66.7 Å².